The number of nitro benzene ring substituents is 1. The third-order valence-corrected chi connectivity index (χ3v) is 5.28. The van der Waals surface area contributed by atoms with Crippen LogP contribution in [0.2, 0.25) is 5.02 Å². The second kappa shape index (κ2) is 8.01. The highest BCUT2D eigenvalue weighted by Crippen LogP contribution is 2.30. The molecule has 8 nitrogen and oxygen atoms in total. The monoisotopic (exact) mass is 443 g/mol. The molecule has 4 aromatic rings. The molecule has 0 aliphatic rings. The molecule has 0 fully saturated rings. The minimum absolute atomic E-state index is 0.0180. The first-order valence-corrected chi connectivity index (χ1v) is 9.63. The molecule has 0 aliphatic carbocycles. The van der Waals surface area contributed by atoms with E-state index in [-0.39, 0.29) is 27.2 Å². The molecule has 0 spiro atoms. The number of non-ortho nitro benzene ring substituents is 1. The fourth-order valence-corrected chi connectivity index (χ4v) is 3.66. The summed E-state index contributed by atoms with van der Waals surface area (Å²) in [7, 11) is 0. The van der Waals surface area contributed by atoms with Gasteiger partial charge in [-0.15, -0.1) is 0 Å². The predicted molar refractivity (Wildman–Crippen MR) is 113 cm³/mol. The van der Waals surface area contributed by atoms with Crippen LogP contribution in [0.4, 0.5) is 26.7 Å². The predicted octanol–water partition coefficient (Wildman–Crippen LogP) is 5.39. The lowest BCUT2D eigenvalue weighted by Gasteiger charge is -2.10. The Labute approximate surface area is 177 Å². The molecule has 2 N–H and O–H groups in total. The molecule has 0 bridgehead atoms. The largest absolute Gasteiger partial charge is 0.339 e. The summed E-state index contributed by atoms with van der Waals surface area (Å²) in [5, 5.41) is 16.7. The number of thiazole rings is 1. The summed E-state index contributed by atoms with van der Waals surface area (Å²) in [6.07, 6.45) is 1.49. The number of halogens is 2. The van der Waals surface area contributed by atoms with Crippen LogP contribution in [0.5, 0.6) is 0 Å². The summed E-state index contributed by atoms with van der Waals surface area (Å²) in [5.74, 6) is -0.880. The molecule has 0 saturated carbocycles. The van der Waals surface area contributed by atoms with Crippen molar-refractivity contribution in [2.45, 2.75) is 0 Å². The summed E-state index contributed by atoms with van der Waals surface area (Å²) < 4.78 is 14.3. The van der Waals surface area contributed by atoms with Gasteiger partial charge in [0.2, 0.25) is 0 Å². The zero-order valence-electron chi connectivity index (χ0n) is 14.9. The molecule has 2 heterocycles. The average Bonchev–Trinajstić information content (AvgIpc) is 3.12. The van der Waals surface area contributed by atoms with Crippen LogP contribution in [0, 0.1) is 15.9 Å². The Morgan fingerprint density at radius 3 is 2.80 bits per heavy atom. The smallest absolute Gasteiger partial charge is 0.270 e. The van der Waals surface area contributed by atoms with Crippen molar-refractivity contribution in [1.82, 2.24) is 9.97 Å². The van der Waals surface area contributed by atoms with E-state index in [0.29, 0.717) is 15.9 Å². The van der Waals surface area contributed by atoms with Crippen LogP contribution in [0.15, 0.2) is 54.7 Å². The lowest BCUT2D eigenvalue weighted by molar-refractivity contribution is -0.384. The van der Waals surface area contributed by atoms with Crippen molar-refractivity contribution in [2.75, 3.05) is 10.6 Å². The maximum Gasteiger partial charge on any atom is 0.270 e. The van der Waals surface area contributed by atoms with Crippen molar-refractivity contribution in [2.24, 2.45) is 0 Å². The van der Waals surface area contributed by atoms with Gasteiger partial charge in [-0.2, -0.15) is 0 Å². The Morgan fingerprint density at radius 2 is 2.03 bits per heavy atom. The highest BCUT2D eigenvalue weighted by molar-refractivity contribution is 7.22. The topological polar surface area (TPSA) is 110 Å². The van der Waals surface area contributed by atoms with Crippen molar-refractivity contribution in [3.05, 3.63) is 81.2 Å². The Bertz CT molecular complexity index is 1300. The first-order chi connectivity index (χ1) is 14.4. The number of nitrogens with one attached hydrogen (secondary N) is 2. The van der Waals surface area contributed by atoms with Gasteiger partial charge in [-0.05, 0) is 36.4 Å². The number of hydrogen-bond acceptors (Lipinski definition) is 7. The van der Waals surface area contributed by atoms with Crippen LogP contribution in [-0.2, 0) is 0 Å². The van der Waals surface area contributed by atoms with Gasteiger partial charge >= 0.3 is 0 Å². The minimum Gasteiger partial charge on any atom is -0.339 e. The molecule has 2 aromatic carbocycles. The van der Waals surface area contributed by atoms with E-state index in [9.17, 15) is 19.3 Å². The lowest BCUT2D eigenvalue weighted by Crippen LogP contribution is -2.14. The van der Waals surface area contributed by atoms with Gasteiger partial charge in [-0.1, -0.05) is 22.9 Å². The number of anilines is 3. The average molecular weight is 444 g/mol. The SMILES string of the molecule is O=C(Nc1nc2ccc([N+](=O)[O-])cc2s1)c1cccnc1Nc1ccc(Cl)c(F)c1. The Morgan fingerprint density at radius 1 is 1.20 bits per heavy atom. The zero-order chi connectivity index (χ0) is 21.3. The summed E-state index contributed by atoms with van der Waals surface area (Å²) >= 11 is 6.80. The third kappa shape index (κ3) is 4.04. The first kappa shape index (κ1) is 19.7. The molecule has 0 unspecified atom stereocenters. The zero-order valence-corrected chi connectivity index (χ0v) is 16.5. The van der Waals surface area contributed by atoms with Gasteiger partial charge in [0.1, 0.15) is 11.6 Å². The second-order valence-electron chi connectivity index (χ2n) is 6.04. The number of rotatable bonds is 5. The summed E-state index contributed by atoms with van der Waals surface area (Å²) in [6, 6.07) is 11.5. The van der Waals surface area contributed by atoms with E-state index in [0.717, 1.165) is 11.3 Å². The number of fused-ring (bicyclic) bond motifs is 1. The van der Waals surface area contributed by atoms with E-state index < -0.39 is 16.6 Å². The van der Waals surface area contributed by atoms with Gasteiger partial charge in [0.25, 0.3) is 11.6 Å². The van der Waals surface area contributed by atoms with E-state index in [4.69, 9.17) is 11.6 Å². The summed E-state index contributed by atoms with van der Waals surface area (Å²) in [5.41, 5.74) is 1.05. The van der Waals surface area contributed by atoms with Crippen LogP contribution in [0.3, 0.4) is 0 Å². The van der Waals surface area contributed by atoms with E-state index in [1.165, 1.54) is 36.5 Å². The van der Waals surface area contributed by atoms with E-state index in [1.54, 1.807) is 18.2 Å². The minimum atomic E-state index is -0.604. The van der Waals surface area contributed by atoms with Crippen LogP contribution >= 0.6 is 22.9 Å². The van der Waals surface area contributed by atoms with Crippen LogP contribution in [-0.4, -0.2) is 20.8 Å². The molecule has 0 radical (unpaired) electrons. The molecule has 11 heteroatoms. The molecule has 0 atom stereocenters. The number of aromatic nitrogens is 2. The van der Waals surface area contributed by atoms with E-state index in [1.807, 2.05) is 0 Å². The molecule has 30 heavy (non-hydrogen) atoms. The molecule has 4 rings (SSSR count). The van der Waals surface area contributed by atoms with Crippen LogP contribution < -0.4 is 10.6 Å². The maximum absolute atomic E-state index is 13.7. The van der Waals surface area contributed by atoms with Crippen molar-refractivity contribution in [3.8, 4) is 0 Å². The van der Waals surface area contributed by atoms with Gasteiger partial charge in [-0.25, -0.2) is 14.4 Å². The number of amides is 1. The summed E-state index contributed by atoms with van der Waals surface area (Å²) in [4.78, 5) is 31.6. The van der Waals surface area contributed by atoms with Crippen LogP contribution in [0.1, 0.15) is 10.4 Å². The van der Waals surface area contributed by atoms with Gasteiger partial charge in [0, 0.05) is 24.0 Å². The number of nitro groups is 1. The third-order valence-electron chi connectivity index (χ3n) is 4.04. The first-order valence-electron chi connectivity index (χ1n) is 8.44. The molecular weight excluding hydrogens is 433 g/mol. The molecule has 0 aliphatic heterocycles. The molecule has 0 saturated heterocycles. The second-order valence-corrected chi connectivity index (χ2v) is 7.47. The molecular formula is C19H11ClFN5O3S. The van der Waals surface area contributed by atoms with Gasteiger partial charge in [-0.3, -0.25) is 20.2 Å². The van der Waals surface area contributed by atoms with Gasteiger partial charge in [0.05, 0.1) is 25.7 Å². The Balaban J connectivity index is 1.58. The van der Waals surface area contributed by atoms with Crippen molar-refractivity contribution in [1.29, 1.82) is 0 Å². The van der Waals surface area contributed by atoms with Crippen molar-refractivity contribution < 1.29 is 14.1 Å². The lowest BCUT2D eigenvalue weighted by atomic mass is 10.2. The van der Waals surface area contributed by atoms with Gasteiger partial charge in [0.15, 0.2) is 5.13 Å². The normalized spacial score (nSPS) is 10.7. The van der Waals surface area contributed by atoms with Gasteiger partial charge < -0.3 is 5.32 Å². The number of benzene rings is 2. The Hall–Kier alpha value is -3.63. The standard InChI is InChI=1S/C19H11ClFN5O3S/c20-13-5-3-10(8-14(13)21)23-17-12(2-1-7-22-17)18(27)25-19-24-15-6-4-11(26(28)29)9-16(15)30-19/h1-9H,(H,22,23)(H,24,25,27). The summed E-state index contributed by atoms with van der Waals surface area (Å²) in [6.45, 7) is 0. The number of pyridine rings is 1. The molecule has 150 valence electrons. The quantitative estimate of drug-likeness (QED) is 0.316. The van der Waals surface area contributed by atoms with E-state index >= 15 is 0 Å². The van der Waals surface area contributed by atoms with E-state index in [2.05, 4.69) is 20.6 Å². The fourth-order valence-electron chi connectivity index (χ4n) is 2.64. The number of carbonyl (C=O) groups excluding carboxylic acids is 1. The highest BCUT2D eigenvalue weighted by Gasteiger charge is 2.16. The number of carbonyl (C=O) groups is 1. The molecule has 1 amide bonds. The fraction of sp³-hybridized carbons (Fsp3) is 0. The Kier molecular flexibility index (Phi) is 5.25. The van der Waals surface area contributed by atoms with Crippen LogP contribution in [0.25, 0.3) is 10.2 Å². The number of hydrogen-bond donors (Lipinski definition) is 2. The van der Waals surface area contributed by atoms with Crippen molar-refractivity contribution in [3.63, 3.8) is 0 Å². The number of nitrogens with zero attached hydrogens (tertiary/aromatic N) is 3. The van der Waals surface area contributed by atoms with Crippen molar-refractivity contribution >= 4 is 61.4 Å². The molecule has 2 aromatic heterocycles. The highest BCUT2D eigenvalue weighted by atomic mass is 35.5. The maximum atomic E-state index is 13.7.